The van der Waals surface area contributed by atoms with Crippen LogP contribution < -0.4 is 4.90 Å². The van der Waals surface area contributed by atoms with Crippen molar-refractivity contribution in [2.24, 2.45) is 14.1 Å². The van der Waals surface area contributed by atoms with Gasteiger partial charge in [-0.2, -0.15) is 5.10 Å². The topological polar surface area (TPSA) is 85.0 Å². The normalized spacial score (nSPS) is 16.2. The van der Waals surface area contributed by atoms with Crippen molar-refractivity contribution in [3.05, 3.63) is 48.0 Å². The Morgan fingerprint density at radius 2 is 1.84 bits per heavy atom. The minimum atomic E-state index is -1.29. The second-order valence-electron chi connectivity index (χ2n) is 7.36. The van der Waals surface area contributed by atoms with E-state index in [0.717, 1.165) is 28.4 Å². The lowest BCUT2D eigenvalue weighted by Gasteiger charge is -2.34. The number of benzene rings is 1. The first kappa shape index (κ1) is 20.1. The number of nitrogens with zero attached hydrogens (tertiary/aromatic N) is 8. The van der Waals surface area contributed by atoms with Crippen molar-refractivity contribution in [1.82, 2.24) is 33.6 Å². The van der Waals surface area contributed by atoms with Crippen molar-refractivity contribution in [3.63, 3.8) is 0 Å². The van der Waals surface area contributed by atoms with E-state index in [1.54, 1.807) is 23.3 Å². The van der Waals surface area contributed by atoms with Gasteiger partial charge in [-0.3, -0.25) is 4.68 Å². The first-order valence-corrected chi connectivity index (χ1v) is 11.3. The number of halogens is 1. The van der Waals surface area contributed by atoms with Gasteiger partial charge in [-0.25, -0.2) is 23.5 Å². The molecule has 0 radical (unpaired) electrons. The van der Waals surface area contributed by atoms with Gasteiger partial charge in [0, 0.05) is 46.5 Å². The zero-order valence-corrected chi connectivity index (χ0v) is 18.7. The minimum absolute atomic E-state index is 0.525. The fourth-order valence-corrected chi connectivity index (χ4v) is 5.34. The Morgan fingerprint density at radius 3 is 2.55 bits per heavy atom. The van der Waals surface area contributed by atoms with Crippen LogP contribution in [0, 0.1) is 0 Å². The number of fused-ring (bicyclic) bond motifs is 1. The van der Waals surface area contributed by atoms with Crippen molar-refractivity contribution >= 4 is 39.6 Å². The number of anilines is 1. The molecule has 3 aromatic heterocycles. The van der Waals surface area contributed by atoms with E-state index in [4.69, 9.17) is 16.6 Å². The highest BCUT2D eigenvalue weighted by atomic mass is 35.5. The summed E-state index contributed by atoms with van der Waals surface area (Å²) in [6, 6.07) is 7.28. The maximum Gasteiger partial charge on any atom is 0.165 e. The lowest BCUT2D eigenvalue weighted by molar-refractivity contribution is 0.409. The zero-order chi connectivity index (χ0) is 21.5. The predicted molar refractivity (Wildman–Crippen MR) is 120 cm³/mol. The standard InChI is InChI=1S/C20H21ClN8OS/c1-26-12-14(11-24-26)18-25-17-19(27(18)2)22-13-23-20(17)28-7-9-29(10-8-28)31(30)16-6-4-3-5-15(16)21/h3-6,11-13H,7-10H2,1-2H3. The molecule has 160 valence electrons. The molecule has 9 nitrogen and oxygen atoms in total. The third-order valence-electron chi connectivity index (χ3n) is 5.40. The third-order valence-corrected chi connectivity index (χ3v) is 7.41. The van der Waals surface area contributed by atoms with E-state index in [1.807, 2.05) is 47.4 Å². The molecule has 0 aliphatic carbocycles. The van der Waals surface area contributed by atoms with Crippen molar-refractivity contribution in [2.75, 3.05) is 31.1 Å². The second kappa shape index (κ2) is 8.03. The Labute approximate surface area is 186 Å². The van der Waals surface area contributed by atoms with E-state index < -0.39 is 11.0 Å². The number of hydrogen-bond acceptors (Lipinski definition) is 6. The molecule has 1 aliphatic heterocycles. The number of imidazole rings is 1. The molecule has 0 amide bonds. The fraction of sp³-hybridized carbons (Fsp3) is 0.300. The van der Waals surface area contributed by atoms with Crippen LogP contribution in [0.2, 0.25) is 5.02 Å². The van der Waals surface area contributed by atoms with Gasteiger partial charge in [-0.15, -0.1) is 0 Å². The second-order valence-corrected chi connectivity index (χ2v) is 9.22. The Hall–Kier alpha value is -2.82. The highest BCUT2D eigenvalue weighted by Crippen LogP contribution is 2.29. The lowest BCUT2D eigenvalue weighted by atomic mass is 10.3. The number of piperazine rings is 1. The van der Waals surface area contributed by atoms with Crippen molar-refractivity contribution in [2.45, 2.75) is 4.90 Å². The van der Waals surface area contributed by atoms with Crippen LogP contribution in [0.4, 0.5) is 5.82 Å². The summed E-state index contributed by atoms with van der Waals surface area (Å²) in [4.78, 5) is 16.6. The van der Waals surface area contributed by atoms with Crippen LogP contribution in [0.15, 0.2) is 47.9 Å². The molecule has 1 fully saturated rings. The van der Waals surface area contributed by atoms with Crippen molar-refractivity contribution in [1.29, 1.82) is 0 Å². The summed E-state index contributed by atoms with van der Waals surface area (Å²) in [6.45, 7) is 2.62. The van der Waals surface area contributed by atoms with E-state index in [1.165, 1.54) is 0 Å². The summed E-state index contributed by atoms with van der Waals surface area (Å²) in [7, 11) is 2.53. The Bertz CT molecular complexity index is 1280. The number of rotatable bonds is 4. The summed E-state index contributed by atoms with van der Waals surface area (Å²) in [5.41, 5.74) is 2.45. The molecule has 1 aromatic carbocycles. The maximum atomic E-state index is 13.0. The van der Waals surface area contributed by atoms with Crippen LogP contribution in [0.25, 0.3) is 22.6 Å². The van der Waals surface area contributed by atoms with Crippen LogP contribution >= 0.6 is 11.6 Å². The number of aryl methyl sites for hydroxylation is 2. The molecule has 0 bridgehead atoms. The minimum Gasteiger partial charge on any atom is -0.352 e. The Balaban J connectivity index is 1.40. The van der Waals surface area contributed by atoms with Gasteiger partial charge in [-0.05, 0) is 12.1 Å². The molecule has 4 heterocycles. The molecule has 1 saturated heterocycles. The SMILES string of the molecule is Cn1cc(-c2nc3c(N4CCN(S(=O)c5ccccc5Cl)CC4)ncnc3n2C)cn1. The predicted octanol–water partition coefficient (Wildman–Crippen LogP) is 2.26. The van der Waals surface area contributed by atoms with Crippen LogP contribution in [0.3, 0.4) is 0 Å². The molecule has 4 aromatic rings. The third kappa shape index (κ3) is 3.60. The molecule has 0 N–H and O–H groups in total. The summed E-state index contributed by atoms with van der Waals surface area (Å²) in [5.74, 6) is 1.59. The van der Waals surface area contributed by atoms with Crippen molar-refractivity contribution < 1.29 is 4.21 Å². The molecule has 1 aliphatic rings. The van der Waals surface area contributed by atoms with Gasteiger partial charge in [0.15, 0.2) is 17.0 Å². The molecule has 31 heavy (non-hydrogen) atoms. The summed E-state index contributed by atoms with van der Waals surface area (Å²) in [5, 5.41) is 4.77. The van der Waals surface area contributed by atoms with Gasteiger partial charge in [0.2, 0.25) is 0 Å². The van der Waals surface area contributed by atoms with Crippen LogP contribution in [-0.2, 0) is 25.1 Å². The first-order valence-electron chi connectivity index (χ1n) is 9.85. The van der Waals surface area contributed by atoms with Gasteiger partial charge in [0.05, 0.1) is 21.7 Å². The summed E-state index contributed by atoms with van der Waals surface area (Å²) in [6.07, 6.45) is 5.29. The largest absolute Gasteiger partial charge is 0.352 e. The molecular formula is C20H21ClN8OS. The zero-order valence-electron chi connectivity index (χ0n) is 17.1. The van der Waals surface area contributed by atoms with E-state index in [-0.39, 0.29) is 0 Å². The van der Waals surface area contributed by atoms with E-state index in [9.17, 15) is 4.21 Å². The smallest absolute Gasteiger partial charge is 0.165 e. The number of hydrogen-bond donors (Lipinski definition) is 0. The van der Waals surface area contributed by atoms with Crippen LogP contribution in [-0.4, -0.2) is 64.0 Å². The summed E-state index contributed by atoms with van der Waals surface area (Å²) >= 11 is 6.23. The average Bonchev–Trinajstić information content (AvgIpc) is 3.37. The van der Waals surface area contributed by atoms with Gasteiger partial charge in [0.25, 0.3) is 0 Å². The summed E-state index contributed by atoms with van der Waals surface area (Å²) < 4.78 is 18.6. The van der Waals surface area contributed by atoms with Crippen LogP contribution in [0.1, 0.15) is 0 Å². The van der Waals surface area contributed by atoms with Crippen molar-refractivity contribution in [3.8, 4) is 11.4 Å². The molecule has 11 heteroatoms. The molecule has 1 unspecified atom stereocenters. The molecule has 5 rings (SSSR count). The van der Waals surface area contributed by atoms with E-state index in [0.29, 0.717) is 36.1 Å². The van der Waals surface area contributed by atoms with Crippen LogP contribution in [0.5, 0.6) is 0 Å². The van der Waals surface area contributed by atoms with Gasteiger partial charge in [-0.1, -0.05) is 23.7 Å². The van der Waals surface area contributed by atoms with Gasteiger partial charge >= 0.3 is 0 Å². The van der Waals surface area contributed by atoms with E-state index in [2.05, 4.69) is 20.0 Å². The first-order chi connectivity index (χ1) is 15.0. The fourth-order valence-electron chi connectivity index (χ4n) is 3.80. The number of aromatic nitrogens is 6. The quantitative estimate of drug-likeness (QED) is 0.468. The highest BCUT2D eigenvalue weighted by Gasteiger charge is 2.26. The molecule has 1 atom stereocenters. The monoisotopic (exact) mass is 456 g/mol. The van der Waals surface area contributed by atoms with E-state index >= 15 is 0 Å². The Morgan fingerprint density at radius 1 is 1.06 bits per heavy atom. The Kier molecular flexibility index (Phi) is 5.20. The van der Waals surface area contributed by atoms with Gasteiger partial charge in [0.1, 0.15) is 23.1 Å². The highest BCUT2D eigenvalue weighted by molar-refractivity contribution is 7.82. The molecule has 0 spiro atoms. The maximum absolute atomic E-state index is 13.0. The average molecular weight is 457 g/mol. The molecular weight excluding hydrogens is 436 g/mol. The van der Waals surface area contributed by atoms with Gasteiger partial charge < -0.3 is 9.47 Å². The lowest BCUT2D eigenvalue weighted by Crippen LogP contribution is -2.47. The molecule has 0 saturated carbocycles.